The topological polar surface area (TPSA) is 384 Å². The molecule has 0 saturated carbocycles. The van der Waals surface area contributed by atoms with E-state index in [2.05, 4.69) is 0 Å². The number of carbonyl (C=O) groups is 1. The van der Waals surface area contributed by atoms with Crippen molar-refractivity contribution in [2.24, 2.45) is 0 Å². The molecule has 0 aliphatic carbocycles. The normalized spacial score (nSPS) is 32.0. The highest BCUT2D eigenvalue weighted by Gasteiger charge is 2.52. The molecule has 1 aromatic heterocycles. The molecule has 370 valence electrons. The maximum absolute atomic E-state index is 13.8. The third-order valence-corrected chi connectivity index (χ3v) is 11.7. The van der Waals surface area contributed by atoms with Crippen LogP contribution >= 0.6 is 0 Å². The smallest absolute Gasteiger partial charge is 0.330 e. The maximum Gasteiger partial charge on any atom is 0.330 e. The Morgan fingerprint density at radius 2 is 1.29 bits per heavy atom. The molecule has 0 radical (unpaired) electrons. The Balaban J connectivity index is 1.13. The van der Waals surface area contributed by atoms with Crippen molar-refractivity contribution in [3.63, 3.8) is 0 Å². The lowest BCUT2D eigenvalue weighted by Gasteiger charge is -2.46. The van der Waals surface area contributed by atoms with E-state index in [-0.39, 0.29) is 34.3 Å². The van der Waals surface area contributed by atoms with Crippen LogP contribution in [-0.4, -0.2) is 192 Å². The second kappa shape index (κ2) is 20.9. The molecule has 3 aliphatic rings. The van der Waals surface area contributed by atoms with Crippen LogP contribution in [0.3, 0.4) is 0 Å². The summed E-state index contributed by atoms with van der Waals surface area (Å²) in [7, 11) is 2.59. The molecule has 3 aliphatic heterocycles. The van der Waals surface area contributed by atoms with Gasteiger partial charge >= 0.3 is 5.97 Å². The molecule has 3 aromatic carbocycles. The van der Waals surface area contributed by atoms with Crippen molar-refractivity contribution in [3.8, 4) is 45.8 Å². The lowest BCUT2D eigenvalue weighted by Crippen LogP contribution is -2.63. The fraction of sp³-hybridized carbons (Fsp3) is 0.455. The number of aromatic hydroxyl groups is 3. The van der Waals surface area contributed by atoms with Gasteiger partial charge in [0.15, 0.2) is 34.7 Å². The molecular formula is C44H50O24. The minimum absolute atomic E-state index is 0.00913. The van der Waals surface area contributed by atoms with Crippen molar-refractivity contribution in [1.29, 1.82) is 0 Å². The van der Waals surface area contributed by atoms with Gasteiger partial charge in [0.25, 0.3) is 0 Å². The maximum atomic E-state index is 13.8. The van der Waals surface area contributed by atoms with Crippen LogP contribution in [0.25, 0.3) is 28.4 Å². The number of carbonyl (C=O) groups excluding carboxylic acids is 1. The number of hydrogen-bond donors (Lipinski definition) is 13. The number of aliphatic hydroxyl groups is 10. The molecule has 0 amide bonds. The fourth-order valence-corrected chi connectivity index (χ4v) is 7.91. The molecule has 24 nitrogen and oxygen atoms in total. The van der Waals surface area contributed by atoms with Crippen molar-refractivity contribution < 1.29 is 113 Å². The molecular weight excluding hydrogens is 912 g/mol. The number of phenolic OH excluding ortho intramolecular Hbond substituents is 3. The summed E-state index contributed by atoms with van der Waals surface area (Å²) in [5.74, 6) is -2.95. The minimum atomic E-state index is -2.09. The summed E-state index contributed by atoms with van der Waals surface area (Å²) in [5, 5.41) is 137. The molecule has 15 unspecified atom stereocenters. The molecule has 13 N–H and O–H groups in total. The van der Waals surface area contributed by atoms with E-state index < -0.39 is 151 Å². The first kappa shape index (κ1) is 50.2. The Labute approximate surface area is 383 Å². The van der Waals surface area contributed by atoms with Gasteiger partial charge in [0.05, 0.1) is 33.0 Å². The second-order valence-electron chi connectivity index (χ2n) is 16.0. The van der Waals surface area contributed by atoms with Crippen LogP contribution in [0, 0.1) is 0 Å². The average molecular weight is 963 g/mol. The number of fused-ring (bicyclic) bond motifs is 1. The number of ether oxygens (including phenoxy) is 8. The Morgan fingerprint density at radius 1 is 0.662 bits per heavy atom. The fourth-order valence-electron chi connectivity index (χ4n) is 7.91. The van der Waals surface area contributed by atoms with E-state index in [9.17, 15) is 76.0 Å². The summed E-state index contributed by atoms with van der Waals surface area (Å²) in [4.78, 5) is 26.4. The van der Waals surface area contributed by atoms with Crippen molar-refractivity contribution in [2.75, 3.05) is 34.0 Å². The first-order valence-corrected chi connectivity index (χ1v) is 20.8. The van der Waals surface area contributed by atoms with Gasteiger partial charge in [-0.3, -0.25) is 4.79 Å². The van der Waals surface area contributed by atoms with E-state index in [1.807, 2.05) is 0 Å². The zero-order chi connectivity index (χ0) is 49.3. The zero-order valence-corrected chi connectivity index (χ0v) is 35.9. The van der Waals surface area contributed by atoms with Crippen LogP contribution in [0.5, 0.6) is 34.5 Å². The summed E-state index contributed by atoms with van der Waals surface area (Å²) in [6.45, 7) is -2.36. The van der Waals surface area contributed by atoms with Crippen molar-refractivity contribution in [1.82, 2.24) is 0 Å². The Kier molecular flexibility index (Phi) is 15.4. The van der Waals surface area contributed by atoms with Crippen molar-refractivity contribution in [2.45, 2.75) is 91.9 Å². The minimum Gasteiger partial charge on any atom is -0.507 e. The third-order valence-electron chi connectivity index (χ3n) is 11.7. The summed E-state index contributed by atoms with van der Waals surface area (Å²) in [6, 6.07) is 10.2. The van der Waals surface area contributed by atoms with Crippen LogP contribution in [0.4, 0.5) is 0 Å². The van der Waals surface area contributed by atoms with E-state index in [0.717, 1.165) is 18.2 Å². The van der Waals surface area contributed by atoms with Crippen LogP contribution in [0.1, 0.15) is 17.2 Å². The van der Waals surface area contributed by atoms with Crippen LogP contribution in [0.2, 0.25) is 0 Å². The molecule has 24 heteroatoms. The number of esters is 1. The summed E-state index contributed by atoms with van der Waals surface area (Å²) >= 11 is 0. The lowest BCUT2D eigenvalue weighted by molar-refractivity contribution is -0.342. The number of methoxy groups -OCH3 is 2. The highest BCUT2D eigenvalue weighted by atomic mass is 16.7. The predicted molar refractivity (Wildman–Crippen MR) is 225 cm³/mol. The Hall–Kier alpha value is -5.68. The zero-order valence-electron chi connectivity index (χ0n) is 35.9. The monoisotopic (exact) mass is 962 g/mol. The molecule has 4 heterocycles. The molecule has 0 spiro atoms. The van der Waals surface area contributed by atoms with Gasteiger partial charge in [-0.15, -0.1) is 0 Å². The SMILES string of the molecule is COc1cc(C=CC(=O)OCC2OC(OC3C(c4c(O)cc5oc(-c6ccc(OC7OC(CO)C(O)C(O)C7O)c(OC)c6)cc(=O)c5c4O)OC(CO)C(O)C3O)C(O)C(O)C2O)ccc1O. The second-order valence-corrected chi connectivity index (χ2v) is 16.0. The molecule has 3 saturated heterocycles. The number of hydrogen-bond acceptors (Lipinski definition) is 24. The van der Waals surface area contributed by atoms with Gasteiger partial charge in [-0.05, 0) is 42.0 Å². The van der Waals surface area contributed by atoms with Gasteiger partial charge in [-0.2, -0.15) is 0 Å². The van der Waals surface area contributed by atoms with E-state index in [1.165, 1.54) is 56.7 Å². The average Bonchev–Trinajstić information content (AvgIpc) is 3.32. The number of rotatable bonds is 14. The lowest BCUT2D eigenvalue weighted by atomic mass is 9.89. The van der Waals surface area contributed by atoms with E-state index in [0.29, 0.717) is 5.56 Å². The summed E-state index contributed by atoms with van der Waals surface area (Å²) in [5.41, 5.74) is -1.30. The number of benzene rings is 3. The Bertz CT molecular complexity index is 2510. The van der Waals surface area contributed by atoms with Gasteiger partial charge in [0.1, 0.15) is 114 Å². The highest BCUT2D eigenvalue weighted by Crippen LogP contribution is 2.47. The van der Waals surface area contributed by atoms with Crippen LogP contribution in [0.15, 0.2) is 63.8 Å². The van der Waals surface area contributed by atoms with E-state index in [4.69, 9.17) is 42.3 Å². The first-order chi connectivity index (χ1) is 32.4. The predicted octanol–water partition coefficient (Wildman–Crippen LogP) is -2.62. The molecule has 68 heavy (non-hydrogen) atoms. The van der Waals surface area contributed by atoms with Gasteiger partial charge in [0.2, 0.25) is 6.29 Å². The molecule has 7 rings (SSSR count). The quantitative estimate of drug-likeness (QED) is 0.0454. The number of phenols is 3. The van der Waals surface area contributed by atoms with Crippen molar-refractivity contribution in [3.05, 3.63) is 76.0 Å². The van der Waals surface area contributed by atoms with Crippen molar-refractivity contribution >= 4 is 23.0 Å². The van der Waals surface area contributed by atoms with E-state index >= 15 is 0 Å². The van der Waals surface area contributed by atoms with Gasteiger partial charge in [0, 0.05) is 23.8 Å². The third kappa shape index (κ3) is 9.91. The van der Waals surface area contributed by atoms with Gasteiger partial charge in [-0.1, -0.05) is 6.07 Å². The Morgan fingerprint density at radius 3 is 1.97 bits per heavy atom. The standard InChI is InChI=1S/C44H50O24/c1-60-23-9-16(3-6-18(23)47)4-8-29(50)62-15-28-34(53)37(56)40(59)44(67-28)68-42-38(57)33(52)26(13-45)64-41(42)31-20(49)12-25-30(35(31)54)19(48)11-22(63-25)17-5-7-21(24(10-17)61-2)65-43-39(58)36(55)32(51)27(14-46)66-43/h3-12,26-28,32-34,36-47,49,51-59H,13-15H2,1-2H3. The molecule has 15 atom stereocenters. The van der Waals surface area contributed by atoms with Gasteiger partial charge in [-0.25, -0.2) is 4.79 Å². The van der Waals surface area contributed by atoms with Crippen LogP contribution in [-0.2, 0) is 28.5 Å². The number of aliphatic hydroxyl groups excluding tert-OH is 10. The van der Waals surface area contributed by atoms with Gasteiger partial charge < -0.3 is 109 Å². The van der Waals surface area contributed by atoms with Crippen LogP contribution < -0.4 is 19.6 Å². The first-order valence-electron chi connectivity index (χ1n) is 20.8. The van der Waals surface area contributed by atoms with E-state index in [1.54, 1.807) is 0 Å². The highest BCUT2D eigenvalue weighted by molar-refractivity contribution is 5.88. The molecule has 0 bridgehead atoms. The largest absolute Gasteiger partial charge is 0.507 e. The molecule has 4 aromatic rings. The molecule has 3 fully saturated rings. The summed E-state index contributed by atoms with van der Waals surface area (Å²) < 4.78 is 50.0. The summed E-state index contributed by atoms with van der Waals surface area (Å²) in [6.07, 6.45) is -24.6.